The average molecular weight is 389 g/mol. The van der Waals surface area contributed by atoms with Crippen LogP contribution in [0.2, 0.25) is 0 Å². The lowest BCUT2D eigenvalue weighted by atomic mass is 9.90. The highest BCUT2D eigenvalue weighted by Crippen LogP contribution is 2.34. The molecule has 0 bridgehead atoms. The minimum Gasteiger partial charge on any atom is -0.463 e. The van der Waals surface area contributed by atoms with Crippen LogP contribution >= 0.6 is 11.8 Å². The highest BCUT2D eigenvalue weighted by atomic mass is 32.2. The number of benzene rings is 1. The lowest BCUT2D eigenvalue weighted by Crippen LogP contribution is -2.25. The molecule has 0 aliphatic heterocycles. The lowest BCUT2D eigenvalue weighted by molar-refractivity contribution is 0.0979. The second-order valence-corrected chi connectivity index (χ2v) is 7.58. The number of rotatable bonds is 4. The quantitative estimate of drug-likeness (QED) is 0.501. The second-order valence-electron chi connectivity index (χ2n) is 6.41. The molecule has 0 fully saturated rings. The first-order valence-electron chi connectivity index (χ1n) is 8.91. The van der Waals surface area contributed by atoms with E-state index >= 15 is 0 Å². The highest BCUT2D eigenvalue weighted by molar-refractivity contribution is 8.00. The smallest absolute Gasteiger partial charge is 0.210 e. The van der Waals surface area contributed by atoms with Gasteiger partial charge in [-0.1, -0.05) is 36.0 Å². The molecule has 0 amide bonds. The number of aryl methyl sites for hydroxylation is 1. The summed E-state index contributed by atoms with van der Waals surface area (Å²) in [5.41, 5.74) is 2.94. The summed E-state index contributed by atoms with van der Waals surface area (Å²) in [7, 11) is 0. The van der Waals surface area contributed by atoms with E-state index in [1.807, 2.05) is 30.3 Å². The molecule has 0 saturated carbocycles. The van der Waals surface area contributed by atoms with Crippen molar-refractivity contribution in [3.05, 3.63) is 72.2 Å². The van der Waals surface area contributed by atoms with Crippen LogP contribution in [0.1, 0.15) is 22.3 Å². The van der Waals surface area contributed by atoms with Gasteiger partial charge >= 0.3 is 0 Å². The summed E-state index contributed by atoms with van der Waals surface area (Å²) in [6, 6.07) is 14.9. The molecule has 28 heavy (non-hydrogen) atoms. The molecule has 7 heteroatoms. The van der Waals surface area contributed by atoms with Crippen molar-refractivity contribution >= 4 is 17.5 Å². The van der Waals surface area contributed by atoms with Crippen LogP contribution in [-0.4, -0.2) is 26.2 Å². The lowest BCUT2D eigenvalue weighted by Gasteiger charge is -2.22. The average Bonchev–Trinajstić information content (AvgIpc) is 3.44. The number of aromatic nitrogens is 3. The molecule has 1 aromatic carbocycles. The first kappa shape index (κ1) is 16.9. The van der Waals surface area contributed by atoms with Gasteiger partial charge in [0.15, 0.2) is 23.0 Å². The summed E-state index contributed by atoms with van der Waals surface area (Å²) in [4.78, 5) is 17.5. The Labute approximate surface area is 165 Å². The van der Waals surface area contributed by atoms with E-state index in [1.54, 1.807) is 30.7 Å². The third kappa shape index (κ3) is 3.03. The molecule has 6 nitrogen and oxygen atoms in total. The van der Waals surface area contributed by atoms with Gasteiger partial charge in [0, 0.05) is 5.56 Å². The van der Waals surface area contributed by atoms with Crippen LogP contribution in [0.5, 0.6) is 0 Å². The largest absolute Gasteiger partial charge is 0.463 e. The first-order valence-corrected chi connectivity index (χ1v) is 9.79. The molecule has 4 aromatic rings. The number of fused-ring (bicyclic) bond motifs is 1. The van der Waals surface area contributed by atoms with E-state index in [1.165, 1.54) is 11.8 Å². The Hall–Kier alpha value is -3.19. The van der Waals surface area contributed by atoms with Crippen molar-refractivity contribution in [2.75, 3.05) is 0 Å². The zero-order valence-corrected chi connectivity index (χ0v) is 15.6. The molecule has 1 aliphatic carbocycles. The van der Waals surface area contributed by atoms with Crippen molar-refractivity contribution < 1.29 is 13.6 Å². The Morgan fingerprint density at radius 3 is 2.39 bits per heavy atom. The van der Waals surface area contributed by atoms with Crippen LogP contribution in [0.4, 0.5) is 0 Å². The van der Waals surface area contributed by atoms with Crippen LogP contribution in [0, 0.1) is 0 Å². The summed E-state index contributed by atoms with van der Waals surface area (Å²) in [6.45, 7) is 0. The minimum absolute atomic E-state index is 0.116. The summed E-state index contributed by atoms with van der Waals surface area (Å²) in [5, 5.41) is 8.77. The number of carbonyl (C=O) groups is 1. The van der Waals surface area contributed by atoms with Crippen LogP contribution in [0.15, 0.2) is 75.0 Å². The van der Waals surface area contributed by atoms with Gasteiger partial charge in [-0.2, -0.15) is 0 Å². The normalized spacial score (nSPS) is 16.1. The standard InChI is InChI=1S/C21H15N3O3S/c25-20-14-6-2-1-5-13(14)9-10-17(20)28-21-22-18(15-7-3-11-26-15)19(23-24-21)16-8-4-12-27-16/h1-8,11-12,17H,9-10H2/t17-/m1/s1. The molecule has 0 saturated heterocycles. The number of hydrogen-bond donors (Lipinski definition) is 0. The van der Waals surface area contributed by atoms with Gasteiger partial charge in [-0.25, -0.2) is 4.98 Å². The maximum absolute atomic E-state index is 12.9. The number of furan rings is 2. The van der Waals surface area contributed by atoms with Gasteiger partial charge < -0.3 is 8.83 Å². The Balaban J connectivity index is 1.48. The van der Waals surface area contributed by atoms with E-state index in [0.29, 0.717) is 28.1 Å². The molecular formula is C21H15N3O3S. The van der Waals surface area contributed by atoms with Gasteiger partial charge in [-0.15, -0.1) is 10.2 Å². The predicted octanol–water partition coefficient (Wildman–Crippen LogP) is 4.68. The molecule has 0 N–H and O–H groups in total. The van der Waals surface area contributed by atoms with Gasteiger partial charge in [0.05, 0.1) is 17.8 Å². The molecular weight excluding hydrogens is 374 g/mol. The number of carbonyl (C=O) groups excluding carboxylic acids is 1. The fraction of sp³-hybridized carbons (Fsp3) is 0.143. The third-order valence-corrected chi connectivity index (χ3v) is 5.79. The van der Waals surface area contributed by atoms with Crippen molar-refractivity contribution in [1.29, 1.82) is 0 Å². The van der Waals surface area contributed by atoms with Crippen molar-refractivity contribution in [3.63, 3.8) is 0 Å². The zero-order valence-electron chi connectivity index (χ0n) is 14.7. The highest BCUT2D eigenvalue weighted by Gasteiger charge is 2.29. The number of hydrogen-bond acceptors (Lipinski definition) is 7. The van der Waals surface area contributed by atoms with E-state index in [-0.39, 0.29) is 11.0 Å². The Bertz CT molecular complexity index is 1120. The first-order chi connectivity index (χ1) is 13.8. The molecule has 0 unspecified atom stereocenters. The Morgan fingerprint density at radius 1 is 0.893 bits per heavy atom. The van der Waals surface area contributed by atoms with Gasteiger partial charge in [-0.05, 0) is 42.7 Å². The van der Waals surface area contributed by atoms with Gasteiger partial charge in [0.2, 0.25) is 5.16 Å². The van der Waals surface area contributed by atoms with Crippen LogP contribution in [0.3, 0.4) is 0 Å². The SMILES string of the molecule is O=C1c2ccccc2CC[C@H]1Sc1nnc(-c2ccco2)c(-c2ccco2)n1. The zero-order chi connectivity index (χ0) is 18.9. The monoisotopic (exact) mass is 389 g/mol. The van der Waals surface area contributed by atoms with E-state index < -0.39 is 0 Å². The molecule has 138 valence electrons. The Morgan fingerprint density at radius 2 is 1.64 bits per heavy atom. The molecule has 3 aromatic heterocycles. The van der Waals surface area contributed by atoms with Gasteiger partial charge in [0.25, 0.3) is 0 Å². The van der Waals surface area contributed by atoms with Gasteiger partial charge in [0.1, 0.15) is 5.69 Å². The Kier molecular flexibility index (Phi) is 4.29. The van der Waals surface area contributed by atoms with Crippen LogP contribution in [-0.2, 0) is 6.42 Å². The van der Waals surface area contributed by atoms with Crippen LogP contribution in [0.25, 0.3) is 22.9 Å². The minimum atomic E-state index is -0.226. The molecule has 1 atom stereocenters. The molecule has 0 spiro atoms. The van der Waals surface area contributed by atoms with E-state index in [0.717, 1.165) is 24.0 Å². The van der Waals surface area contributed by atoms with E-state index in [4.69, 9.17) is 8.83 Å². The third-order valence-electron chi connectivity index (χ3n) is 4.68. The van der Waals surface area contributed by atoms with Crippen molar-refractivity contribution in [2.45, 2.75) is 23.2 Å². The van der Waals surface area contributed by atoms with Gasteiger partial charge in [-0.3, -0.25) is 4.79 Å². The fourth-order valence-electron chi connectivity index (χ4n) is 3.33. The number of thioether (sulfide) groups is 1. The molecule has 5 rings (SSSR count). The van der Waals surface area contributed by atoms with Crippen LogP contribution < -0.4 is 0 Å². The number of Topliss-reactive ketones (excluding diaryl/α,β-unsaturated/α-hetero) is 1. The van der Waals surface area contributed by atoms with Crippen molar-refractivity contribution in [1.82, 2.24) is 15.2 Å². The maximum atomic E-state index is 12.9. The summed E-state index contributed by atoms with van der Waals surface area (Å²) < 4.78 is 11.0. The molecule has 1 aliphatic rings. The molecule has 0 radical (unpaired) electrons. The van der Waals surface area contributed by atoms with E-state index in [9.17, 15) is 4.79 Å². The van der Waals surface area contributed by atoms with Crippen molar-refractivity contribution in [2.24, 2.45) is 0 Å². The topological polar surface area (TPSA) is 82.0 Å². The van der Waals surface area contributed by atoms with E-state index in [2.05, 4.69) is 15.2 Å². The molecule has 3 heterocycles. The number of nitrogens with zero attached hydrogens (tertiary/aromatic N) is 3. The summed E-state index contributed by atoms with van der Waals surface area (Å²) in [6.07, 6.45) is 4.77. The predicted molar refractivity (Wildman–Crippen MR) is 104 cm³/mol. The summed E-state index contributed by atoms with van der Waals surface area (Å²) >= 11 is 1.35. The maximum Gasteiger partial charge on any atom is 0.210 e. The van der Waals surface area contributed by atoms with Crippen molar-refractivity contribution in [3.8, 4) is 22.9 Å². The number of ketones is 1. The second kappa shape index (κ2) is 7.09. The fourth-order valence-corrected chi connectivity index (χ4v) is 4.29. The summed E-state index contributed by atoms with van der Waals surface area (Å²) in [5.74, 6) is 1.25.